The fourth-order valence-corrected chi connectivity index (χ4v) is 3.91. The Morgan fingerprint density at radius 1 is 1.33 bits per heavy atom. The first-order valence-corrected chi connectivity index (χ1v) is 11.4. The van der Waals surface area contributed by atoms with E-state index in [1.54, 1.807) is 39.0 Å². The van der Waals surface area contributed by atoms with E-state index in [1.807, 2.05) is 0 Å². The minimum absolute atomic E-state index is 0.000568. The van der Waals surface area contributed by atoms with Gasteiger partial charge in [0.2, 0.25) is 0 Å². The zero-order valence-corrected chi connectivity index (χ0v) is 20.4. The molecule has 3 heterocycles. The Labute approximate surface area is 201 Å². The quantitative estimate of drug-likeness (QED) is 0.440. The Bertz CT molecular complexity index is 1010. The Kier molecular flexibility index (Phi) is 7.88. The van der Waals surface area contributed by atoms with Crippen LogP contribution in [0.4, 0.5) is 21.9 Å². The van der Waals surface area contributed by atoms with Crippen LogP contribution in [-0.2, 0) is 4.74 Å². The van der Waals surface area contributed by atoms with Crippen molar-refractivity contribution in [2.75, 3.05) is 35.6 Å². The van der Waals surface area contributed by atoms with E-state index in [0.29, 0.717) is 35.5 Å². The third-order valence-corrected chi connectivity index (χ3v) is 5.49. The van der Waals surface area contributed by atoms with E-state index < -0.39 is 17.6 Å². The number of aromatic nitrogens is 2. The molecule has 2 aromatic heterocycles. The second kappa shape index (κ2) is 10.4. The number of halogens is 1. The van der Waals surface area contributed by atoms with Crippen LogP contribution in [0.1, 0.15) is 37.7 Å². The van der Waals surface area contributed by atoms with Gasteiger partial charge in [-0.05, 0) is 67.2 Å². The normalized spacial score (nSPS) is 18.5. The van der Waals surface area contributed by atoms with Crippen LogP contribution in [0.25, 0.3) is 0 Å². The van der Waals surface area contributed by atoms with Crippen LogP contribution in [0.5, 0.6) is 0 Å². The highest BCUT2D eigenvalue weighted by Gasteiger charge is 2.35. The molecule has 10 nitrogen and oxygen atoms in total. The maximum absolute atomic E-state index is 13.3. The number of anilines is 3. The number of nitrogens with two attached hydrogens (primary N) is 1. The number of ether oxygens (including phenoxy) is 1. The van der Waals surface area contributed by atoms with Crippen LogP contribution in [0.15, 0.2) is 35.2 Å². The van der Waals surface area contributed by atoms with Gasteiger partial charge in [0.25, 0.3) is 5.91 Å². The van der Waals surface area contributed by atoms with Gasteiger partial charge in [-0.15, -0.1) is 0 Å². The van der Waals surface area contributed by atoms with Crippen molar-refractivity contribution in [3.8, 4) is 0 Å². The van der Waals surface area contributed by atoms with Gasteiger partial charge >= 0.3 is 6.09 Å². The van der Waals surface area contributed by atoms with Crippen molar-refractivity contribution in [3.05, 3.63) is 40.9 Å². The summed E-state index contributed by atoms with van der Waals surface area (Å²) in [6, 6.07) is 4.54. The number of pyridine rings is 2. The van der Waals surface area contributed by atoms with Crippen molar-refractivity contribution in [2.24, 2.45) is 5.92 Å². The molecule has 2 amide bonds. The van der Waals surface area contributed by atoms with Crippen LogP contribution < -0.4 is 21.3 Å². The van der Waals surface area contributed by atoms with Crippen molar-refractivity contribution in [1.82, 2.24) is 15.3 Å². The van der Waals surface area contributed by atoms with Crippen molar-refractivity contribution in [1.29, 1.82) is 0 Å². The van der Waals surface area contributed by atoms with Crippen molar-refractivity contribution in [3.63, 3.8) is 0 Å². The molecule has 0 bridgehead atoms. The minimum Gasteiger partial charge on any atom is -0.443 e. The van der Waals surface area contributed by atoms with Crippen molar-refractivity contribution < 1.29 is 19.4 Å². The first-order chi connectivity index (χ1) is 15.6. The standard InChI is InChI=1S/C22H29BrN6O4/c1-22(2,3)33-21(32)29(14-8-13(12-30)9-26-10-14)17-6-7-25-11-16(17)27-20(31)19-15(24)4-5-18(23)28-19/h4-7,11,13-14,26,30H,8-10,12,24H2,1-3H3,(H,27,31). The molecule has 11 heteroatoms. The lowest BCUT2D eigenvalue weighted by Gasteiger charge is -2.38. The second-order valence-electron chi connectivity index (χ2n) is 8.87. The van der Waals surface area contributed by atoms with Crippen LogP contribution in [-0.4, -0.2) is 58.4 Å². The number of aliphatic hydroxyl groups is 1. The first kappa shape index (κ1) is 24.9. The maximum Gasteiger partial charge on any atom is 0.415 e. The Morgan fingerprint density at radius 2 is 2.09 bits per heavy atom. The van der Waals surface area contributed by atoms with Crippen molar-refractivity contribution in [2.45, 2.75) is 38.8 Å². The highest BCUT2D eigenvalue weighted by molar-refractivity contribution is 9.10. The molecular formula is C22H29BrN6O4. The largest absolute Gasteiger partial charge is 0.443 e. The Morgan fingerprint density at radius 3 is 2.79 bits per heavy atom. The highest BCUT2D eigenvalue weighted by atomic mass is 79.9. The number of piperidine rings is 1. The zero-order chi connectivity index (χ0) is 24.2. The Hall–Kier alpha value is -2.76. The number of hydrogen-bond donors (Lipinski definition) is 4. The molecule has 1 aliphatic rings. The molecule has 0 aromatic carbocycles. The zero-order valence-electron chi connectivity index (χ0n) is 18.8. The fraction of sp³-hybridized carbons (Fsp3) is 0.455. The van der Waals surface area contributed by atoms with Gasteiger partial charge in [0.15, 0.2) is 5.69 Å². The number of aliphatic hydroxyl groups excluding tert-OH is 1. The molecule has 2 atom stereocenters. The number of rotatable bonds is 5. The van der Waals surface area contributed by atoms with E-state index in [2.05, 4.69) is 36.5 Å². The molecule has 1 fully saturated rings. The summed E-state index contributed by atoms with van der Waals surface area (Å²) in [4.78, 5) is 36.0. The molecule has 2 aromatic rings. The van der Waals surface area contributed by atoms with Gasteiger partial charge in [-0.1, -0.05) is 0 Å². The van der Waals surface area contributed by atoms with Crippen LogP contribution in [0.3, 0.4) is 0 Å². The molecule has 1 saturated heterocycles. The molecule has 33 heavy (non-hydrogen) atoms. The molecule has 0 radical (unpaired) electrons. The van der Waals surface area contributed by atoms with E-state index in [0.717, 1.165) is 0 Å². The Balaban J connectivity index is 1.98. The molecule has 2 unspecified atom stereocenters. The number of amides is 2. The number of carbonyl (C=O) groups excluding carboxylic acids is 2. The smallest absolute Gasteiger partial charge is 0.415 e. The summed E-state index contributed by atoms with van der Waals surface area (Å²) in [7, 11) is 0. The summed E-state index contributed by atoms with van der Waals surface area (Å²) in [5.41, 5.74) is 6.20. The van der Waals surface area contributed by atoms with E-state index in [9.17, 15) is 14.7 Å². The molecule has 0 spiro atoms. The summed E-state index contributed by atoms with van der Waals surface area (Å²) in [6.07, 6.45) is 3.00. The molecule has 0 aliphatic carbocycles. The van der Waals surface area contributed by atoms with Gasteiger partial charge in [0.1, 0.15) is 10.2 Å². The van der Waals surface area contributed by atoms with E-state index in [1.165, 1.54) is 17.3 Å². The summed E-state index contributed by atoms with van der Waals surface area (Å²) in [6.45, 7) is 6.52. The maximum atomic E-state index is 13.3. The molecule has 0 saturated carbocycles. The van der Waals surface area contributed by atoms with E-state index in [-0.39, 0.29) is 29.9 Å². The molecule has 178 valence electrons. The van der Waals surface area contributed by atoms with Gasteiger partial charge < -0.3 is 26.2 Å². The first-order valence-electron chi connectivity index (χ1n) is 10.6. The molecular weight excluding hydrogens is 492 g/mol. The van der Waals surface area contributed by atoms with E-state index in [4.69, 9.17) is 10.5 Å². The number of carbonyl (C=O) groups is 2. The lowest BCUT2D eigenvalue weighted by molar-refractivity contribution is 0.0550. The average molecular weight is 521 g/mol. The topological polar surface area (TPSA) is 143 Å². The lowest BCUT2D eigenvalue weighted by Crippen LogP contribution is -2.53. The van der Waals surface area contributed by atoms with Gasteiger partial charge in [-0.25, -0.2) is 9.78 Å². The van der Waals surface area contributed by atoms with Gasteiger partial charge in [-0.3, -0.25) is 14.7 Å². The lowest BCUT2D eigenvalue weighted by atomic mass is 9.95. The van der Waals surface area contributed by atoms with Gasteiger partial charge in [-0.2, -0.15) is 0 Å². The monoisotopic (exact) mass is 520 g/mol. The summed E-state index contributed by atoms with van der Waals surface area (Å²) >= 11 is 3.24. The van der Waals surface area contributed by atoms with Gasteiger partial charge in [0.05, 0.1) is 29.3 Å². The molecule has 5 N–H and O–H groups in total. The van der Waals surface area contributed by atoms with Crippen molar-refractivity contribution >= 4 is 45.0 Å². The van der Waals surface area contributed by atoms with Crippen LogP contribution in [0.2, 0.25) is 0 Å². The average Bonchev–Trinajstić information content (AvgIpc) is 2.75. The molecule has 1 aliphatic heterocycles. The third-order valence-electron chi connectivity index (χ3n) is 5.05. The number of nitrogen functional groups attached to an aromatic ring is 1. The van der Waals surface area contributed by atoms with Crippen LogP contribution in [0, 0.1) is 5.92 Å². The number of nitrogens with one attached hydrogen (secondary N) is 2. The highest BCUT2D eigenvalue weighted by Crippen LogP contribution is 2.31. The summed E-state index contributed by atoms with van der Waals surface area (Å²) in [5, 5.41) is 15.7. The van der Waals surface area contributed by atoms with E-state index >= 15 is 0 Å². The number of nitrogens with zero attached hydrogens (tertiary/aromatic N) is 3. The summed E-state index contributed by atoms with van der Waals surface area (Å²) in [5.74, 6) is -0.554. The fourth-order valence-electron chi connectivity index (χ4n) is 3.60. The third kappa shape index (κ3) is 6.40. The molecule has 3 rings (SSSR count). The predicted molar refractivity (Wildman–Crippen MR) is 129 cm³/mol. The second-order valence-corrected chi connectivity index (χ2v) is 9.68. The SMILES string of the molecule is CC(C)(C)OC(=O)N(c1ccncc1NC(=O)c1nc(Br)ccc1N)C1CNCC(CO)C1. The van der Waals surface area contributed by atoms with Crippen LogP contribution >= 0.6 is 15.9 Å². The predicted octanol–water partition coefficient (Wildman–Crippen LogP) is 2.79. The minimum atomic E-state index is -0.723. The number of hydrogen-bond acceptors (Lipinski definition) is 8. The summed E-state index contributed by atoms with van der Waals surface area (Å²) < 4.78 is 6.15. The van der Waals surface area contributed by atoms with Gasteiger partial charge in [0, 0.05) is 25.9 Å².